The molecule has 0 radical (unpaired) electrons. The summed E-state index contributed by atoms with van der Waals surface area (Å²) in [5.74, 6) is 0. The van der Waals surface area contributed by atoms with E-state index in [0.717, 1.165) is 12.8 Å². The van der Waals surface area contributed by atoms with Gasteiger partial charge in [-0.2, -0.15) is 0 Å². The van der Waals surface area contributed by atoms with Crippen LogP contribution in [0.2, 0.25) is 0 Å². The second kappa shape index (κ2) is 6.41. The summed E-state index contributed by atoms with van der Waals surface area (Å²) in [5.41, 5.74) is 1.37. The number of hydrogen-bond donors (Lipinski definition) is 0. The van der Waals surface area contributed by atoms with E-state index in [2.05, 4.69) is 32.4 Å². The molecule has 11 heavy (non-hydrogen) atoms. The van der Waals surface area contributed by atoms with Gasteiger partial charge in [0.25, 0.3) is 0 Å². The molecule has 0 bridgehead atoms. The maximum atomic E-state index is 3.98. The van der Waals surface area contributed by atoms with Gasteiger partial charge in [0.05, 0.1) is 0 Å². The van der Waals surface area contributed by atoms with Gasteiger partial charge in [-0.3, -0.25) is 0 Å². The van der Waals surface area contributed by atoms with Crippen LogP contribution in [0, 0.1) is 0 Å². The van der Waals surface area contributed by atoms with Gasteiger partial charge in [-0.25, -0.2) is 0 Å². The standard InChI is InChI=1S/C10H21N/c1-5-8-11(4)9-7-10(3)6-2/h3,5-9H2,1-2,4H3. The van der Waals surface area contributed by atoms with E-state index in [0.29, 0.717) is 0 Å². The number of nitrogens with zero attached hydrogens (tertiary/aromatic N) is 1. The predicted molar refractivity (Wildman–Crippen MR) is 51.8 cm³/mol. The SMILES string of the molecule is C=C(CC)CCN(C)CCC. The summed E-state index contributed by atoms with van der Waals surface area (Å²) < 4.78 is 0. The molecular formula is C10H21N. The Bertz CT molecular complexity index is 107. The molecule has 1 nitrogen and oxygen atoms in total. The van der Waals surface area contributed by atoms with Crippen LogP contribution < -0.4 is 0 Å². The second-order valence-corrected chi connectivity index (χ2v) is 3.16. The van der Waals surface area contributed by atoms with Crippen molar-refractivity contribution in [3.8, 4) is 0 Å². The van der Waals surface area contributed by atoms with Crippen molar-refractivity contribution in [2.45, 2.75) is 33.1 Å². The minimum atomic E-state index is 1.12. The molecule has 0 aliphatic heterocycles. The summed E-state index contributed by atoms with van der Waals surface area (Å²) in [6, 6.07) is 0. The Morgan fingerprint density at radius 3 is 2.36 bits per heavy atom. The average Bonchev–Trinajstić information content (AvgIpc) is 2.01. The Morgan fingerprint density at radius 1 is 1.27 bits per heavy atom. The van der Waals surface area contributed by atoms with E-state index in [1.54, 1.807) is 0 Å². The maximum absolute atomic E-state index is 3.98. The van der Waals surface area contributed by atoms with Gasteiger partial charge in [0.2, 0.25) is 0 Å². The molecule has 0 fully saturated rings. The lowest BCUT2D eigenvalue weighted by molar-refractivity contribution is 0.338. The van der Waals surface area contributed by atoms with E-state index in [4.69, 9.17) is 0 Å². The topological polar surface area (TPSA) is 3.24 Å². The highest BCUT2D eigenvalue weighted by atomic mass is 15.1. The molecule has 0 aliphatic rings. The third-order valence-corrected chi connectivity index (χ3v) is 1.95. The molecule has 1 heteroatoms. The zero-order valence-electron chi connectivity index (χ0n) is 8.19. The molecular weight excluding hydrogens is 134 g/mol. The lowest BCUT2D eigenvalue weighted by atomic mass is 10.1. The van der Waals surface area contributed by atoms with Crippen molar-refractivity contribution in [3.63, 3.8) is 0 Å². The van der Waals surface area contributed by atoms with Crippen LogP contribution in [0.3, 0.4) is 0 Å². The zero-order valence-corrected chi connectivity index (χ0v) is 8.19. The summed E-state index contributed by atoms with van der Waals surface area (Å²) in [4.78, 5) is 2.36. The first-order chi connectivity index (χ1) is 5.20. The first kappa shape index (κ1) is 10.7. The molecule has 0 N–H and O–H groups in total. The summed E-state index contributed by atoms with van der Waals surface area (Å²) in [6.45, 7) is 10.7. The second-order valence-electron chi connectivity index (χ2n) is 3.16. The van der Waals surface area contributed by atoms with Crippen molar-refractivity contribution in [3.05, 3.63) is 12.2 Å². The van der Waals surface area contributed by atoms with Gasteiger partial charge >= 0.3 is 0 Å². The smallest absolute Gasteiger partial charge is 0.00154 e. The molecule has 66 valence electrons. The van der Waals surface area contributed by atoms with Gasteiger partial charge in [-0.05, 0) is 32.9 Å². The van der Waals surface area contributed by atoms with Crippen molar-refractivity contribution in [1.82, 2.24) is 4.90 Å². The highest BCUT2D eigenvalue weighted by Crippen LogP contribution is 2.03. The Labute approximate surface area is 71.1 Å². The van der Waals surface area contributed by atoms with Gasteiger partial charge in [0.15, 0.2) is 0 Å². The lowest BCUT2D eigenvalue weighted by Gasteiger charge is -2.15. The predicted octanol–water partition coefficient (Wildman–Crippen LogP) is 2.68. The van der Waals surface area contributed by atoms with E-state index < -0.39 is 0 Å². The van der Waals surface area contributed by atoms with Gasteiger partial charge in [-0.15, -0.1) is 0 Å². The van der Waals surface area contributed by atoms with Crippen LogP contribution in [-0.2, 0) is 0 Å². The Morgan fingerprint density at radius 2 is 1.91 bits per heavy atom. The molecule has 0 saturated heterocycles. The fourth-order valence-electron chi connectivity index (χ4n) is 1.02. The molecule has 0 aromatic rings. The van der Waals surface area contributed by atoms with Gasteiger partial charge < -0.3 is 4.90 Å². The Kier molecular flexibility index (Phi) is 6.24. The van der Waals surface area contributed by atoms with Crippen LogP contribution in [0.25, 0.3) is 0 Å². The van der Waals surface area contributed by atoms with Crippen LogP contribution in [-0.4, -0.2) is 25.0 Å². The van der Waals surface area contributed by atoms with Gasteiger partial charge in [-0.1, -0.05) is 26.0 Å². The van der Waals surface area contributed by atoms with Crippen LogP contribution in [0.1, 0.15) is 33.1 Å². The van der Waals surface area contributed by atoms with Crippen LogP contribution >= 0.6 is 0 Å². The first-order valence-electron chi connectivity index (χ1n) is 4.55. The van der Waals surface area contributed by atoms with Crippen LogP contribution in [0.5, 0.6) is 0 Å². The summed E-state index contributed by atoms with van der Waals surface area (Å²) in [6.07, 6.45) is 3.53. The van der Waals surface area contributed by atoms with Crippen molar-refractivity contribution in [1.29, 1.82) is 0 Å². The highest BCUT2D eigenvalue weighted by Gasteiger charge is 1.96. The highest BCUT2D eigenvalue weighted by molar-refractivity contribution is 4.92. The molecule has 0 heterocycles. The summed E-state index contributed by atoms with van der Waals surface area (Å²) in [5, 5.41) is 0. The molecule has 0 spiro atoms. The fraction of sp³-hybridized carbons (Fsp3) is 0.800. The van der Waals surface area contributed by atoms with E-state index in [1.165, 1.54) is 25.1 Å². The minimum absolute atomic E-state index is 1.12. The molecule has 0 rings (SSSR count). The summed E-state index contributed by atoms with van der Waals surface area (Å²) >= 11 is 0. The van der Waals surface area contributed by atoms with Gasteiger partial charge in [0.1, 0.15) is 0 Å². The molecule has 0 aromatic heterocycles. The normalized spacial score (nSPS) is 10.5. The minimum Gasteiger partial charge on any atom is -0.306 e. The van der Waals surface area contributed by atoms with E-state index in [-0.39, 0.29) is 0 Å². The fourth-order valence-corrected chi connectivity index (χ4v) is 1.02. The number of hydrogen-bond acceptors (Lipinski definition) is 1. The monoisotopic (exact) mass is 155 g/mol. The lowest BCUT2D eigenvalue weighted by Crippen LogP contribution is -2.20. The van der Waals surface area contributed by atoms with Crippen LogP contribution in [0.4, 0.5) is 0 Å². The molecule has 0 unspecified atom stereocenters. The zero-order chi connectivity index (χ0) is 8.69. The van der Waals surface area contributed by atoms with Crippen molar-refractivity contribution >= 4 is 0 Å². The molecule has 0 saturated carbocycles. The quantitative estimate of drug-likeness (QED) is 0.533. The largest absolute Gasteiger partial charge is 0.306 e. The Hall–Kier alpha value is -0.300. The van der Waals surface area contributed by atoms with Crippen LogP contribution in [0.15, 0.2) is 12.2 Å². The Balaban J connectivity index is 3.29. The van der Waals surface area contributed by atoms with Crippen molar-refractivity contribution in [2.75, 3.05) is 20.1 Å². The van der Waals surface area contributed by atoms with Crippen molar-refractivity contribution in [2.24, 2.45) is 0 Å². The number of rotatable bonds is 6. The molecule has 0 amide bonds. The molecule has 0 aliphatic carbocycles. The summed E-state index contributed by atoms with van der Waals surface area (Å²) in [7, 11) is 2.17. The van der Waals surface area contributed by atoms with Gasteiger partial charge in [0, 0.05) is 6.54 Å². The van der Waals surface area contributed by atoms with E-state index in [9.17, 15) is 0 Å². The van der Waals surface area contributed by atoms with E-state index >= 15 is 0 Å². The third-order valence-electron chi connectivity index (χ3n) is 1.95. The van der Waals surface area contributed by atoms with E-state index in [1.807, 2.05) is 0 Å². The van der Waals surface area contributed by atoms with Crippen molar-refractivity contribution < 1.29 is 0 Å². The first-order valence-corrected chi connectivity index (χ1v) is 4.55. The maximum Gasteiger partial charge on any atom is 0.00154 e. The average molecular weight is 155 g/mol. The molecule has 0 atom stereocenters. The third kappa shape index (κ3) is 6.11. The molecule has 0 aromatic carbocycles.